The lowest BCUT2D eigenvalue weighted by atomic mass is 9.81. The number of nitrogens with one attached hydrogen (secondary N) is 1. The molecule has 1 amide bonds. The molecule has 2 unspecified atom stereocenters. The summed E-state index contributed by atoms with van der Waals surface area (Å²) in [5.41, 5.74) is 6.24. The Morgan fingerprint density at radius 3 is 2.67 bits per heavy atom. The first-order valence-electron chi connectivity index (χ1n) is 7.22. The van der Waals surface area contributed by atoms with Gasteiger partial charge in [0.25, 0.3) is 0 Å². The van der Waals surface area contributed by atoms with Gasteiger partial charge in [-0.15, -0.1) is 0 Å². The second kappa shape index (κ2) is 6.02. The van der Waals surface area contributed by atoms with Crippen LogP contribution in [0.1, 0.15) is 45.4 Å². The van der Waals surface area contributed by atoms with Crippen LogP contribution in [0.15, 0.2) is 0 Å². The van der Waals surface area contributed by atoms with Gasteiger partial charge in [0.15, 0.2) is 0 Å². The van der Waals surface area contributed by atoms with E-state index in [0.29, 0.717) is 0 Å². The first kappa shape index (κ1) is 13.8. The third-order valence-electron chi connectivity index (χ3n) is 4.55. The lowest BCUT2D eigenvalue weighted by Gasteiger charge is -2.35. The van der Waals surface area contributed by atoms with Crippen LogP contribution in [0.3, 0.4) is 0 Å². The summed E-state index contributed by atoms with van der Waals surface area (Å²) in [4.78, 5) is 12.2. The molecule has 18 heavy (non-hydrogen) atoms. The second-order valence-corrected chi connectivity index (χ2v) is 6.20. The molecule has 0 spiro atoms. The summed E-state index contributed by atoms with van der Waals surface area (Å²) in [6, 6.07) is 0.0567. The topological polar surface area (TPSA) is 64.4 Å². The Labute approximate surface area is 110 Å². The van der Waals surface area contributed by atoms with Crippen LogP contribution < -0.4 is 11.1 Å². The molecule has 1 aliphatic heterocycles. The monoisotopic (exact) mass is 254 g/mol. The molecule has 0 aromatic carbocycles. The van der Waals surface area contributed by atoms with E-state index in [4.69, 9.17) is 10.5 Å². The van der Waals surface area contributed by atoms with E-state index < -0.39 is 0 Å². The highest BCUT2D eigenvalue weighted by Crippen LogP contribution is 2.29. The van der Waals surface area contributed by atoms with Crippen molar-refractivity contribution in [1.82, 2.24) is 5.32 Å². The van der Waals surface area contributed by atoms with E-state index in [1.54, 1.807) is 0 Å². The molecular weight excluding hydrogens is 228 g/mol. The van der Waals surface area contributed by atoms with Crippen molar-refractivity contribution in [3.05, 3.63) is 0 Å². The van der Waals surface area contributed by atoms with Crippen molar-refractivity contribution in [2.75, 3.05) is 19.8 Å². The minimum atomic E-state index is 0.0298. The molecule has 4 heteroatoms. The third kappa shape index (κ3) is 3.45. The van der Waals surface area contributed by atoms with Crippen LogP contribution >= 0.6 is 0 Å². The average molecular weight is 254 g/mol. The predicted octanol–water partition coefficient (Wildman–Crippen LogP) is 1.44. The first-order valence-corrected chi connectivity index (χ1v) is 7.22. The number of nitrogens with two attached hydrogens (primary N) is 1. The van der Waals surface area contributed by atoms with Gasteiger partial charge in [-0.3, -0.25) is 4.79 Å². The van der Waals surface area contributed by atoms with Crippen molar-refractivity contribution in [3.63, 3.8) is 0 Å². The zero-order chi connectivity index (χ0) is 13.0. The van der Waals surface area contributed by atoms with Crippen LogP contribution in [0.2, 0.25) is 0 Å². The summed E-state index contributed by atoms with van der Waals surface area (Å²) >= 11 is 0. The molecule has 0 bridgehead atoms. The van der Waals surface area contributed by atoms with Gasteiger partial charge < -0.3 is 15.8 Å². The molecular formula is C14H26N2O2. The molecule has 2 rings (SSSR count). The van der Waals surface area contributed by atoms with Gasteiger partial charge in [-0.2, -0.15) is 0 Å². The van der Waals surface area contributed by atoms with E-state index in [0.717, 1.165) is 51.9 Å². The lowest BCUT2D eigenvalue weighted by Crippen LogP contribution is -2.47. The largest absolute Gasteiger partial charge is 0.381 e. The Kier molecular flexibility index (Phi) is 4.62. The van der Waals surface area contributed by atoms with Gasteiger partial charge in [-0.05, 0) is 31.1 Å². The van der Waals surface area contributed by atoms with Gasteiger partial charge in [-0.1, -0.05) is 19.8 Å². The van der Waals surface area contributed by atoms with Crippen LogP contribution in [0.5, 0.6) is 0 Å². The minimum Gasteiger partial charge on any atom is -0.381 e. The predicted molar refractivity (Wildman–Crippen MR) is 71.1 cm³/mol. The van der Waals surface area contributed by atoms with Crippen LogP contribution in [0.25, 0.3) is 0 Å². The number of amides is 1. The van der Waals surface area contributed by atoms with E-state index in [1.165, 1.54) is 6.42 Å². The van der Waals surface area contributed by atoms with E-state index >= 15 is 0 Å². The van der Waals surface area contributed by atoms with Gasteiger partial charge in [0.05, 0.1) is 5.92 Å². The van der Waals surface area contributed by atoms with Crippen molar-refractivity contribution in [3.8, 4) is 0 Å². The Morgan fingerprint density at radius 1 is 1.33 bits per heavy atom. The fraction of sp³-hybridized carbons (Fsp3) is 0.929. The molecule has 0 radical (unpaired) electrons. The number of ether oxygens (including phenoxy) is 1. The van der Waals surface area contributed by atoms with Gasteiger partial charge in [0.1, 0.15) is 0 Å². The highest BCUT2D eigenvalue weighted by Gasteiger charge is 2.31. The fourth-order valence-corrected chi connectivity index (χ4v) is 2.96. The van der Waals surface area contributed by atoms with E-state index in [1.807, 2.05) is 0 Å². The molecule has 1 heterocycles. The van der Waals surface area contributed by atoms with Gasteiger partial charge in [0, 0.05) is 25.8 Å². The highest BCUT2D eigenvalue weighted by atomic mass is 16.5. The number of rotatable bonds is 3. The maximum Gasteiger partial charge on any atom is 0.224 e. The molecule has 3 N–H and O–H groups in total. The molecule has 2 aliphatic rings. The summed E-state index contributed by atoms with van der Waals surface area (Å²) in [6.45, 7) is 4.62. The molecule has 104 valence electrons. The average Bonchev–Trinajstić information content (AvgIpc) is 2.38. The fourth-order valence-electron chi connectivity index (χ4n) is 2.96. The smallest absolute Gasteiger partial charge is 0.224 e. The van der Waals surface area contributed by atoms with Crippen LogP contribution in [0.4, 0.5) is 0 Å². The van der Waals surface area contributed by atoms with Crippen molar-refractivity contribution < 1.29 is 9.53 Å². The van der Waals surface area contributed by atoms with Gasteiger partial charge >= 0.3 is 0 Å². The molecule has 1 aliphatic carbocycles. The SMILES string of the molecule is CC1(CNC(=O)C2CCCCC2N)CCOCC1. The standard InChI is InChI=1S/C14H26N2O2/c1-14(6-8-18-9-7-14)10-16-13(17)11-4-2-3-5-12(11)15/h11-12H,2-10,15H2,1H3,(H,16,17). The van der Waals surface area contributed by atoms with Crippen LogP contribution in [0, 0.1) is 11.3 Å². The third-order valence-corrected chi connectivity index (χ3v) is 4.55. The molecule has 0 aromatic rings. The number of carbonyl (C=O) groups excluding carboxylic acids is 1. The number of hydrogen-bond acceptors (Lipinski definition) is 3. The molecule has 1 saturated carbocycles. The van der Waals surface area contributed by atoms with Crippen molar-refractivity contribution in [2.24, 2.45) is 17.1 Å². The number of hydrogen-bond donors (Lipinski definition) is 2. The second-order valence-electron chi connectivity index (χ2n) is 6.20. The zero-order valence-electron chi connectivity index (χ0n) is 11.4. The maximum atomic E-state index is 12.2. The van der Waals surface area contributed by atoms with E-state index in [2.05, 4.69) is 12.2 Å². The van der Waals surface area contributed by atoms with Crippen molar-refractivity contribution in [1.29, 1.82) is 0 Å². The summed E-state index contributed by atoms with van der Waals surface area (Å²) in [6.07, 6.45) is 6.31. The maximum absolute atomic E-state index is 12.2. The molecule has 4 nitrogen and oxygen atoms in total. The Balaban J connectivity index is 1.80. The highest BCUT2D eigenvalue weighted by molar-refractivity contribution is 5.79. The van der Waals surface area contributed by atoms with Crippen LogP contribution in [-0.4, -0.2) is 31.7 Å². The van der Waals surface area contributed by atoms with Gasteiger partial charge in [0.2, 0.25) is 5.91 Å². The van der Waals surface area contributed by atoms with Crippen LogP contribution in [-0.2, 0) is 9.53 Å². The summed E-state index contributed by atoms with van der Waals surface area (Å²) < 4.78 is 5.37. The zero-order valence-corrected chi connectivity index (χ0v) is 11.4. The van der Waals surface area contributed by atoms with E-state index in [9.17, 15) is 4.79 Å². The Morgan fingerprint density at radius 2 is 2.00 bits per heavy atom. The molecule has 2 atom stereocenters. The molecule has 2 fully saturated rings. The lowest BCUT2D eigenvalue weighted by molar-refractivity contribution is -0.127. The molecule has 0 aromatic heterocycles. The van der Waals surface area contributed by atoms with Crippen molar-refractivity contribution >= 4 is 5.91 Å². The summed E-state index contributed by atoms with van der Waals surface area (Å²) in [7, 11) is 0. The van der Waals surface area contributed by atoms with E-state index in [-0.39, 0.29) is 23.3 Å². The molecule has 1 saturated heterocycles. The summed E-state index contributed by atoms with van der Waals surface area (Å²) in [5, 5.41) is 3.12. The first-order chi connectivity index (χ1) is 8.61. The Hall–Kier alpha value is -0.610. The minimum absolute atomic E-state index is 0.0298. The number of carbonyl (C=O) groups is 1. The summed E-state index contributed by atoms with van der Waals surface area (Å²) in [5.74, 6) is 0.192. The van der Waals surface area contributed by atoms with Gasteiger partial charge in [-0.25, -0.2) is 0 Å². The quantitative estimate of drug-likeness (QED) is 0.801. The Bertz CT molecular complexity index is 288. The normalized spacial score (nSPS) is 31.9. The van der Waals surface area contributed by atoms with Crippen molar-refractivity contribution in [2.45, 2.75) is 51.5 Å².